The molecule has 8 heteroatoms. The minimum absolute atomic E-state index is 0.193. The Labute approximate surface area is 296 Å². The maximum absolute atomic E-state index is 14.8. The lowest BCUT2D eigenvalue weighted by Gasteiger charge is -2.49. The number of hydrogen-bond donors (Lipinski definition) is 1. The van der Waals surface area contributed by atoms with E-state index in [1.54, 1.807) is 6.07 Å². The molecule has 1 aliphatic rings. The van der Waals surface area contributed by atoms with E-state index in [2.05, 4.69) is 20.8 Å². The molecule has 1 fully saturated rings. The largest absolute Gasteiger partial charge is 0.512 e. The van der Waals surface area contributed by atoms with Gasteiger partial charge in [0.1, 0.15) is 12.4 Å². The Morgan fingerprint density at radius 1 is 0.820 bits per heavy atom. The van der Waals surface area contributed by atoms with Crippen LogP contribution < -0.4 is 4.74 Å². The molecule has 1 saturated carbocycles. The minimum Gasteiger partial charge on any atom is -0.512 e. The third kappa shape index (κ3) is 6.95. The lowest BCUT2D eigenvalue weighted by atomic mass is 9.54. The van der Waals surface area contributed by atoms with Gasteiger partial charge in [-0.15, -0.1) is 0 Å². The van der Waals surface area contributed by atoms with Gasteiger partial charge in [-0.05, 0) is 71.9 Å². The highest BCUT2D eigenvalue weighted by molar-refractivity contribution is 6.20. The van der Waals surface area contributed by atoms with Crippen molar-refractivity contribution in [3.8, 4) is 5.75 Å². The van der Waals surface area contributed by atoms with Gasteiger partial charge < -0.3 is 19.2 Å². The van der Waals surface area contributed by atoms with Crippen LogP contribution in [-0.2, 0) is 30.4 Å². The summed E-state index contributed by atoms with van der Waals surface area (Å²) in [6.07, 6.45) is 1.19. The number of hydrogen-bond acceptors (Lipinski definition) is 7. The molecule has 1 N–H and O–H groups in total. The average Bonchev–Trinajstić information content (AvgIpc) is 3.70. The Kier molecular flexibility index (Phi) is 10.4. The second kappa shape index (κ2) is 14.1. The summed E-state index contributed by atoms with van der Waals surface area (Å²) in [6, 6.07) is 32.3. The zero-order chi connectivity index (χ0) is 36.4. The predicted molar refractivity (Wildman–Crippen MR) is 196 cm³/mol. The summed E-state index contributed by atoms with van der Waals surface area (Å²) < 4.78 is 17.4. The van der Waals surface area contributed by atoms with Crippen LogP contribution in [0.3, 0.4) is 0 Å². The summed E-state index contributed by atoms with van der Waals surface area (Å²) in [5.74, 6) is -1.54. The normalized spacial score (nSPS) is 20.6. The van der Waals surface area contributed by atoms with Crippen molar-refractivity contribution in [3.05, 3.63) is 114 Å². The number of carbonyl (C=O) groups is 3. The van der Waals surface area contributed by atoms with Crippen LogP contribution in [0.25, 0.3) is 10.8 Å². The zero-order valence-corrected chi connectivity index (χ0v) is 30.3. The fraction of sp³-hybridized carbons (Fsp3) is 0.405. The first-order chi connectivity index (χ1) is 23.6. The van der Waals surface area contributed by atoms with Crippen LogP contribution in [0.4, 0.5) is 0 Å². The third-order valence-corrected chi connectivity index (χ3v) is 12.1. The summed E-state index contributed by atoms with van der Waals surface area (Å²) in [4.78, 5) is 41.9. The summed E-state index contributed by atoms with van der Waals surface area (Å²) in [5.41, 5.74) is -2.19. The third-order valence-electron chi connectivity index (χ3n) is 12.1. The fourth-order valence-electron chi connectivity index (χ4n) is 7.92. The highest BCUT2D eigenvalue weighted by atomic mass is 16.6. The van der Waals surface area contributed by atoms with Gasteiger partial charge in [-0.25, -0.2) is 0 Å². The second-order valence-electron chi connectivity index (χ2n) is 15.8. The Morgan fingerprint density at radius 2 is 1.42 bits per heavy atom. The van der Waals surface area contributed by atoms with Crippen LogP contribution in [0.5, 0.6) is 5.75 Å². The summed E-state index contributed by atoms with van der Waals surface area (Å²) in [6.45, 7) is 14.3. The van der Waals surface area contributed by atoms with Crippen LogP contribution in [0.2, 0.25) is 0 Å². The van der Waals surface area contributed by atoms with Crippen molar-refractivity contribution >= 4 is 36.4 Å². The van der Waals surface area contributed by atoms with Crippen molar-refractivity contribution in [2.24, 2.45) is 27.1 Å². The number of ether oxygens (including phenoxy) is 2. The maximum atomic E-state index is 14.8. The van der Waals surface area contributed by atoms with E-state index in [1.807, 2.05) is 125 Å². The molecule has 1 aliphatic carbocycles. The number of carbonyl (C=O) groups excluding carboxylic acids is 3. The molecule has 0 aromatic heterocycles. The molecule has 4 atom stereocenters. The molecule has 0 heterocycles. The van der Waals surface area contributed by atoms with E-state index in [4.69, 9.17) is 14.1 Å². The molecule has 4 aromatic carbocycles. The van der Waals surface area contributed by atoms with E-state index in [9.17, 15) is 19.4 Å². The van der Waals surface area contributed by atoms with Crippen LogP contribution in [0, 0.1) is 27.1 Å². The van der Waals surface area contributed by atoms with Gasteiger partial charge in [0.15, 0.2) is 0 Å². The Hall–Kier alpha value is -4.43. The van der Waals surface area contributed by atoms with Crippen LogP contribution in [-0.4, -0.2) is 30.6 Å². The van der Waals surface area contributed by atoms with Crippen molar-refractivity contribution < 1.29 is 33.5 Å². The first-order valence-electron chi connectivity index (χ1n) is 17.3. The molecular formula is C42H49BO7. The van der Waals surface area contributed by atoms with Gasteiger partial charge in [-0.1, -0.05) is 132 Å². The molecule has 0 aliphatic heterocycles. The Balaban J connectivity index is 1.50. The molecule has 0 saturated heterocycles. The van der Waals surface area contributed by atoms with Gasteiger partial charge in [0.25, 0.3) is 5.97 Å². The van der Waals surface area contributed by atoms with Crippen LogP contribution in [0.15, 0.2) is 103 Å². The summed E-state index contributed by atoms with van der Waals surface area (Å²) in [5, 5.41) is 11.3. The molecule has 0 bridgehead atoms. The van der Waals surface area contributed by atoms with E-state index in [0.717, 1.165) is 21.9 Å². The standard InChI is InChI=1S/C42H49BO7/c1-38(2,25-33(35(44)50-43-47)31-19-12-9-13-20-31)40(5,37(46)49-34-24-16-22-30-21-14-15-23-32(30)34)27-39(3,4)42(7)28-41(42,6)36(45)48-26-29-17-10-8-11-18-29/h8-24,33,43,47H,25-28H2,1-7H3. The van der Waals surface area contributed by atoms with Gasteiger partial charge >= 0.3 is 19.6 Å². The number of benzene rings is 4. The molecule has 5 rings (SSSR count). The topological polar surface area (TPSA) is 99.1 Å². The van der Waals surface area contributed by atoms with Gasteiger partial charge in [0.05, 0.1) is 16.7 Å². The van der Waals surface area contributed by atoms with Crippen molar-refractivity contribution in [3.63, 3.8) is 0 Å². The van der Waals surface area contributed by atoms with Crippen molar-refractivity contribution in [2.45, 2.75) is 80.3 Å². The van der Waals surface area contributed by atoms with Crippen LogP contribution in [0.1, 0.15) is 84.8 Å². The number of rotatable bonds is 14. The molecule has 4 unspecified atom stereocenters. The predicted octanol–water partition coefficient (Wildman–Crippen LogP) is 8.33. The zero-order valence-electron chi connectivity index (χ0n) is 30.3. The summed E-state index contributed by atoms with van der Waals surface area (Å²) in [7, 11) is -0.743. The van der Waals surface area contributed by atoms with Gasteiger partial charge in [-0.2, -0.15) is 0 Å². The van der Waals surface area contributed by atoms with E-state index in [-0.39, 0.29) is 19.0 Å². The average molecular weight is 677 g/mol. The molecule has 262 valence electrons. The SMILES string of the molecule is CC(C)(CC(C(=O)OBO)c1ccccc1)C(C)(CC(C)(C)C1(C)CC1(C)C(=O)OCc1ccccc1)C(=O)Oc1cccc2ccccc12. The smallest absolute Gasteiger partial charge is 0.506 e. The van der Waals surface area contributed by atoms with Gasteiger partial charge in [0, 0.05) is 5.39 Å². The fourth-order valence-corrected chi connectivity index (χ4v) is 7.92. The van der Waals surface area contributed by atoms with Gasteiger partial charge in [0.2, 0.25) is 0 Å². The van der Waals surface area contributed by atoms with E-state index in [0.29, 0.717) is 18.6 Å². The van der Waals surface area contributed by atoms with Crippen molar-refractivity contribution in [1.82, 2.24) is 0 Å². The molecule has 0 amide bonds. The molecule has 0 spiro atoms. The van der Waals surface area contributed by atoms with E-state index >= 15 is 0 Å². The number of fused-ring (bicyclic) bond motifs is 1. The number of esters is 2. The molecule has 4 aromatic rings. The molecule has 7 nitrogen and oxygen atoms in total. The first kappa shape index (κ1) is 36.8. The monoisotopic (exact) mass is 676 g/mol. The van der Waals surface area contributed by atoms with E-state index < -0.39 is 52.6 Å². The van der Waals surface area contributed by atoms with Crippen LogP contribution >= 0.6 is 0 Å². The van der Waals surface area contributed by atoms with Crippen molar-refractivity contribution in [2.75, 3.05) is 0 Å². The highest BCUT2D eigenvalue weighted by Crippen LogP contribution is 2.74. The summed E-state index contributed by atoms with van der Waals surface area (Å²) >= 11 is 0. The lowest BCUT2D eigenvalue weighted by Crippen LogP contribution is -2.50. The second-order valence-corrected chi connectivity index (χ2v) is 15.8. The maximum Gasteiger partial charge on any atom is 0.506 e. The quantitative estimate of drug-likeness (QED) is 0.0815. The Bertz CT molecular complexity index is 1830. The van der Waals surface area contributed by atoms with E-state index in [1.165, 1.54) is 0 Å². The molecule has 50 heavy (non-hydrogen) atoms. The van der Waals surface area contributed by atoms with Crippen molar-refractivity contribution in [1.29, 1.82) is 0 Å². The first-order valence-corrected chi connectivity index (χ1v) is 17.3. The molecular weight excluding hydrogens is 627 g/mol. The van der Waals surface area contributed by atoms with Gasteiger partial charge in [-0.3, -0.25) is 14.4 Å². The molecule has 0 radical (unpaired) electrons. The lowest BCUT2D eigenvalue weighted by molar-refractivity contribution is -0.160. The highest BCUT2D eigenvalue weighted by Gasteiger charge is 2.73. The minimum atomic E-state index is -1.17. The Morgan fingerprint density at radius 3 is 2.08 bits per heavy atom.